The molecule has 5 unspecified atom stereocenters. The average Bonchev–Trinajstić information content (AvgIpc) is 3.09. The second kappa shape index (κ2) is 4.62. The number of nitrogens with zero attached hydrogens (tertiary/aromatic N) is 2. The van der Waals surface area contributed by atoms with Crippen LogP contribution in [-0.4, -0.2) is 48.7 Å². The minimum absolute atomic E-state index is 0.0882. The number of carbonyl (C=O) groups is 1. The molecule has 5 heterocycles. The Bertz CT molecular complexity index is 898. The highest BCUT2D eigenvalue weighted by Crippen LogP contribution is 2.65. The molecule has 1 amide bonds. The Morgan fingerprint density at radius 1 is 1.31 bits per heavy atom. The zero-order valence-corrected chi connectivity index (χ0v) is 16.1. The number of carbonyl (C=O) groups excluding carboxylic acids is 1. The number of ether oxygens (including phenoxy) is 1. The Kier molecular flexibility index (Phi) is 2.64. The topological polar surface area (TPSA) is 32.8 Å². The molecule has 0 N–H and O–H groups in total. The number of amides is 1. The van der Waals surface area contributed by atoms with Crippen molar-refractivity contribution < 1.29 is 9.53 Å². The van der Waals surface area contributed by atoms with Crippen molar-refractivity contribution in [1.29, 1.82) is 0 Å². The van der Waals surface area contributed by atoms with Gasteiger partial charge < -0.3 is 9.64 Å². The molecule has 5 aliphatic heterocycles. The molecule has 1 spiro atoms. The maximum atomic E-state index is 13.2. The van der Waals surface area contributed by atoms with E-state index in [1.54, 1.807) is 5.57 Å². The lowest BCUT2D eigenvalue weighted by Crippen LogP contribution is -2.69. The van der Waals surface area contributed by atoms with Crippen LogP contribution in [0.5, 0.6) is 0 Å². The first-order valence-electron chi connectivity index (χ1n) is 9.85. The maximum absolute atomic E-state index is 13.2. The van der Waals surface area contributed by atoms with Gasteiger partial charge in [-0.25, -0.2) is 0 Å². The molecule has 1 aromatic carbocycles. The number of hydrogen-bond donors (Lipinski definition) is 0. The van der Waals surface area contributed by atoms with Crippen molar-refractivity contribution in [3.05, 3.63) is 39.9 Å². The first kappa shape index (κ1) is 14.8. The molecule has 4 nitrogen and oxygen atoms in total. The van der Waals surface area contributed by atoms with E-state index in [9.17, 15) is 4.79 Å². The minimum Gasteiger partial charge on any atom is -0.373 e. The fraction of sp³-hybridized carbons (Fsp3) is 0.571. The molecule has 1 aliphatic carbocycles. The molecule has 3 saturated heterocycles. The van der Waals surface area contributed by atoms with E-state index in [0.717, 1.165) is 17.6 Å². The lowest BCUT2D eigenvalue weighted by Gasteiger charge is -2.58. The third-order valence-electron chi connectivity index (χ3n) is 8.27. The Morgan fingerprint density at radius 3 is 3.15 bits per heavy atom. The summed E-state index contributed by atoms with van der Waals surface area (Å²) in [4.78, 5) is 18.1. The first-order valence-corrected chi connectivity index (χ1v) is 10.6. The normalized spacial score (nSPS) is 44.7. The average molecular weight is 413 g/mol. The van der Waals surface area contributed by atoms with Gasteiger partial charge in [0.1, 0.15) is 0 Å². The van der Waals surface area contributed by atoms with Gasteiger partial charge in [0, 0.05) is 34.1 Å². The van der Waals surface area contributed by atoms with Crippen molar-refractivity contribution in [3.63, 3.8) is 0 Å². The van der Waals surface area contributed by atoms with Crippen LogP contribution in [0.1, 0.15) is 24.8 Å². The van der Waals surface area contributed by atoms with Gasteiger partial charge in [0.15, 0.2) is 0 Å². The third-order valence-corrected chi connectivity index (χ3v) is 8.76. The number of hydrogen-bond acceptors (Lipinski definition) is 3. The van der Waals surface area contributed by atoms with Gasteiger partial charge in [0.05, 0.1) is 25.2 Å². The van der Waals surface area contributed by atoms with Crippen LogP contribution in [0.2, 0.25) is 0 Å². The van der Waals surface area contributed by atoms with E-state index in [1.165, 1.54) is 24.1 Å². The Hall–Kier alpha value is -1.17. The summed E-state index contributed by atoms with van der Waals surface area (Å²) >= 11 is 3.70. The quantitative estimate of drug-likeness (QED) is 0.614. The van der Waals surface area contributed by atoms with Crippen molar-refractivity contribution in [2.75, 3.05) is 24.6 Å². The monoisotopic (exact) mass is 412 g/mol. The molecule has 134 valence electrons. The van der Waals surface area contributed by atoms with Gasteiger partial charge >= 0.3 is 0 Å². The second-order valence-electron chi connectivity index (χ2n) is 8.92. The number of piperidine rings is 2. The molecule has 26 heavy (non-hydrogen) atoms. The number of rotatable bonds is 0. The third kappa shape index (κ3) is 1.48. The van der Waals surface area contributed by atoms with Gasteiger partial charge in [-0.05, 0) is 49.1 Å². The van der Waals surface area contributed by atoms with Crippen LogP contribution >= 0.6 is 15.9 Å². The van der Waals surface area contributed by atoms with Gasteiger partial charge in [-0.15, -0.1) is 0 Å². The molecule has 7 rings (SSSR count). The molecular formula is C21H21BrN2O2. The van der Waals surface area contributed by atoms with Crippen molar-refractivity contribution in [2.24, 2.45) is 11.8 Å². The fourth-order valence-electron chi connectivity index (χ4n) is 7.52. The molecular weight excluding hydrogens is 392 g/mol. The second-order valence-corrected chi connectivity index (χ2v) is 9.84. The van der Waals surface area contributed by atoms with E-state index >= 15 is 0 Å². The maximum Gasteiger partial charge on any atom is 0.229 e. The lowest BCUT2D eigenvalue weighted by molar-refractivity contribution is -0.132. The van der Waals surface area contributed by atoms with Gasteiger partial charge in [-0.1, -0.05) is 27.6 Å². The van der Waals surface area contributed by atoms with Gasteiger partial charge in [0.2, 0.25) is 5.91 Å². The van der Waals surface area contributed by atoms with Crippen molar-refractivity contribution in [2.45, 2.75) is 42.9 Å². The summed E-state index contributed by atoms with van der Waals surface area (Å²) in [5.41, 5.74) is 4.25. The highest BCUT2D eigenvalue weighted by molar-refractivity contribution is 9.10. The van der Waals surface area contributed by atoms with E-state index < -0.39 is 0 Å². The standard InChI is InChI=1S/C21H21BrN2O2/c22-12-1-2-15-14(7-12)21-4-5-23-10-11-3-6-26-16-9-18(25)24(15)20(21)19(16)13(11)8-17(21)23/h1-3,7,13,16-17,19-20H,4-6,8-10H2/t13?,16?,17?,19?,20?,21-/m1/s1. The van der Waals surface area contributed by atoms with Crippen LogP contribution in [0.25, 0.3) is 0 Å². The van der Waals surface area contributed by atoms with E-state index in [4.69, 9.17) is 4.74 Å². The molecule has 1 aromatic rings. The van der Waals surface area contributed by atoms with Crippen molar-refractivity contribution in [1.82, 2.24) is 4.90 Å². The molecule has 1 saturated carbocycles. The van der Waals surface area contributed by atoms with Crippen LogP contribution in [0.15, 0.2) is 34.3 Å². The number of benzene rings is 1. The van der Waals surface area contributed by atoms with Crippen LogP contribution < -0.4 is 4.90 Å². The molecule has 0 aromatic heterocycles. The van der Waals surface area contributed by atoms with Crippen LogP contribution in [0.3, 0.4) is 0 Å². The smallest absolute Gasteiger partial charge is 0.229 e. The Balaban J connectivity index is 1.55. The van der Waals surface area contributed by atoms with E-state index in [2.05, 4.69) is 50.0 Å². The van der Waals surface area contributed by atoms with E-state index in [-0.39, 0.29) is 23.5 Å². The van der Waals surface area contributed by atoms with Crippen molar-refractivity contribution >= 4 is 27.5 Å². The largest absolute Gasteiger partial charge is 0.373 e. The van der Waals surface area contributed by atoms with Crippen LogP contribution in [-0.2, 0) is 14.9 Å². The summed E-state index contributed by atoms with van der Waals surface area (Å²) in [6.07, 6.45) is 5.36. The zero-order chi connectivity index (χ0) is 17.2. The van der Waals surface area contributed by atoms with Crippen molar-refractivity contribution in [3.8, 4) is 0 Å². The first-order chi connectivity index (χ1) is 12.7. The highest BCUT2D eigenvalue weighted by Gasteiger charge is 2.70. The van der Waals surface area contributed by atoms with Crippen LogP contribution in [0, 0.1) is 11.8 Å². The molecule has 0 radical (unpaired) electrons. The Labute approximate surface area is 161 Å². The number of halogens is 1. The SMILES string of the molecule is O=C1CC2OCC=C3CN4CC[C@]56c7cc(Br)ccc7N1C5C2C3CC46. The zero-order valence-electron chi connectivity index (χ0n) is 14.5. The van der Waals surface area contributed by atoms with Gasteiger partial charge in [-0.3, -0.25) is 9.69 Å². The summed E-state index contributed by atoms with van der Waals surface area (Å²) < 4.78 is 7.39. The predicted octanol–water partition coefficient (Wildman–Crippen LogP) is 2.86. The molecule has 6 aliphatic rings. The molecule has 5 heteroatoms. The summed E-state index contributed by atoms with van der Waals surface area (Å²) in [6, 6.07) is 7.41. The van der Waals surface area contributed by atoms with Crippen LogP contribution in [0.4, 0.5) is 5.69 Å². The predicted molar refractivity (Wildman–Crippen MR) is 101 cm³/mol. The summed E-state index contributed by atoms with van der Waals surface area (Å²) in [6.45, 7) is 2.93. The lowest BCUT2D eigenvalue weighted by atomic mass is 9.53. The number of fused-ring (bicyclic) bond motifs is 2. The van der Waals surface area contributed by atoms with Gasteiger partial charge in [-0.2, -0.15) is 0 Å². The van der Waals surface area contributed by atoms with Gasteiger partial charge in [0.25, 0.3) is 0 Å². The summed E-state index contributed by atoms with van der Waals surface area (Å²) in [5, 5.41) is 0. The van der Waals surface area contributed by atoms with E-state index in [1.807, 2.05) is 0 Å². The highest BCUT2D eigenvalue weighted by atomic mass is 79.9. The Morgan fingerprint density at radius 2 is 2.23 bits per heavy atom. The molecule has 2 bridgehead atoms. The van der Waals surface area contributed by atoms with E-state index in [0.29, 0.717) is 30.9 Å². The molecule has 4 fully saturated rings. The number of anilines is 1. The molecule has 6 atom stereocenters. The fourth-order valence-corrected chi connectivity index (χ4v) is 7.88. The summed E-state index contributed by atoms with van der Waals surface area (Å²) in [5.74, 6) is 1.30. The summed E-state index contributed by atoms with van der Waals surface area (Å²) in [7, 11) is 0. The minimum atomic E-state index is 0.0882.